The second-order valence-electron chi connectivity index (χ2n) is 6.95. The SMILES string of the molecule is N=C(N)c1ccc(C(=O)NC(C(=O)O)C2c3ccc(cc3)OC2C(=O)CC(=O)O)cc1. The van der Waals surface area contributed by atoms with Gasteiger partial charge in [0.1, 0.15) is 24.0 Å². The van der Waals surface area contributed by atoms with Crippen LogP contribution in [0.5, 0.6) is 5.75 Å². The van der Waals surface area contributed by atoms with Crippen LogP contribution in [0.2, 0.25) is 0 Å². The number of nitrogens with one attached hydrogen (secondary N) is 2. The number of amidine groups is 1. The van der Waals surface area contributed by atoms with E-state index in [0.29, 0.717) is 11.1 Å². The van der Waals surface area contributed by atoms with Gasteiger partial charge in [0.2, 0.25) is 0 Å². The summed E-state index contributed by atoms with van der Waals surface area (Å²) in [7, 11) is 0. The Balaban J connectivity index is 1.92. The van der Waals surface area contributed by atoms with Crippen LogP contribution in [0.4, 0.5) is 0 Å². The van der Waals surface area contributed by atoms with E-state index in [1.165, 1.54) is 36.4 Å². The molecule has 0 saturated carbocycles. The summed E-state index contributed by atoms with van der Waals surface area (Å²) in [6.45, 7) is 0. The average molecular weight is 425 g/mol. The predicted molar refractivity (Wildman–Crippen MR) is 107 cm³/mol. The van der Waals surface area contributed by atoms with E-state index < -0.39 is 48.1 Å². The highest BCUT2D eigenvalue weighted by Crippen LogP contribution is 2.34. The van der Waals surface area contributed by atoms with E-state index in [-0.39, 0.29) is 17.1 Å². The lowest BCUT2D eigenvalue weighted by molar-refractivity contribution is -0.143. The topological polar surface area (TPSA) is 180 Å². The number of benzene rings is 2. The molecule has 10 heteroatoms. The van der Waals surface area contributed by atoms with E-state index in [1.807, 2.05) is 0 Å². The van der Waals surface area contributed by atoms with Crippen molar-refractivity contribution in [1.82, 2.24) is 5.32 Å². The molecule has 3 unspecified atom stereocenters. The first-order valence-electron chi connectivity index (χ1n) is 9.16. The fraction of sp³-hybridized carbons (Fsp3) is 0.190. The van der Waals surface area contributed by atoms with Gasteiger partial charge in [0.05, 0.1) is 5.92 Å². The standard InChI is InChI=1S/C21H19N3O7/c22-19(23)11-1-3-12(4-2-11)20(28)24-17(21(29)30)16-10-5-7-13(8-6-10)31-18(16)14(25)9-15(26)27/h1-8,16-18H,9H2,(H3,22,23)(H,24,28)(H,26,27)(H,29,30). The molecular formula is C21H19N3O7. The van der Waals surface area contributed by atoms with Crippen molar-refractivity contribution < 1.29 is 34.1 Å². The number of ether oxygens (including phenoxy) is 1. The largest absolute Gasteiger partial charge is 0.482 e. The molecular weight excluding hydrogens is 406 g/mol. The zero-order valence-corrected chi connectivity index (χ0v) is 16.1. The molecule has 0 aliphatic carbocycles. The highest BCUT2D eigenvalue weighted by molar-refractivity contribution is 6.01. The number of hydrogen-bond acceptors (Lipinski definition) is 6. The molecule has 0 aromatic heterocycles. The Kier molecular flexibility index (Phi) is 6.00. The van der Waals surface area contributed by atoms with Gasteiger partial charge in [0, 0.05) is 11.1 Å². The third kappa shape index (κ3) is 4.69. The minimum Gasteiger partial charge on any atom is -0.482 e. The molecule has 0 spiro atoms. The van der Waals surface area contributed by atoms with Crippen molar-refractivity contribution in [3.8, 4) is 5.75 Å². The van der Waals surface area contributed by atoms with E-state index >= 15 is 0 Å². The number of ketones is 1. The molecule has 10 nitrogen and oxygen atoms in total. The van der Waals surface area contributed by atoms with Crippen LogP contribution in [0.25, 0.3) is 0 Å². The Bertz CT molecular complexity index is 1050. The van der Waals surface area contributed by atoms with E-state index in [9.17, 15) is 24.3 Å². The van der Waals surface area contributed by atoms with Gasteiger partial charge in [0.25, 0.3) is 5.91 Å². The van der Waals surface area contributed by atoms with Gasteiger partial charge in [-0.15, -0.1) is 0 Å². The minimum atomic E-state index is -1.58. The highest BCUT2D eigenvalue weighted by atomic mass is 16.5. The summed E-state index contributed by atoms with van der Waals surface area (Å²) in [6.07, 6.45) is -2.26. The lowest BCUT2D eigenvalue weighted by Crippen LogP contribution is -2.51. The lowest BCUT2D eigenvalue weighted by Gasteiger charge is -2.29. The van der Waals surface area contributed by atoms with E-state index in [0.717, 1.165) is 0 Å². The Labute approximate surface area is 176 Å². The quantitative estimate of drug-likeness (QED) is 0.233. The van der Waals surface area contributed by atoms with Crippen LogP contribution in [0.3, 0.4) is 0 Å². The molecule has 3 atom stereocenters. The second-order valence-corrected chi connectivity index (χ2v) is 6.95. The maximum atomic E-state index is 12.7. The van der Waals surface area contributed by atoms with Crippen LogP contribution in [-0.2, 0) is 14.4 Å². The first-order chi connectivity index (χ1) is 14.7. The summed E-state index contributed by atoms with van der Waals surface area (Å²) in [5, 5.41) is 28.6. The fourth-order valence-electron chi connectivity index (χ4n) is 3.38. The summed E-state index contributed by atoms with van der Waals surface area (Å²) < 4.78 is 5.60. The number of rotatable bonds is 8. The van der Waals surface area contributed by atoms with Crippen LogP contribution in [0.1, 0.15) is 33.8 Å². The van der Waals surface area contributed by atoms with Crippen LogP contribution >= 0.6 is 0 Å². The number of carboxylic acid groups (broad SMARTS) is 2. The number of fused-ring (bicyclic) bond motifs is 4. The van der Waals surface area contributed by atoms with Gasteiger partial charge in [-0.2, -0.15) is 0 Å². The Morgan fingerprint density at radius 3 is 2.10 bits per heavy atom. The third-order valence-electron chi connectivity index (χ3n) is 4.87. The molecule has 2 aliphatic rings. The van der Waals surface area contributed by atoms with Crippen molar-refractivity contribution in [1.29, 1.82) is 5.41 Å². The van der Waals surface area contributed by atoms with Gasteiger partial charge in [-0.25, -0.2) is 4.79 Å². The zero-order valence-electron chi connectivity index (χ0n) is 16.1. The molecule has 0 radical (unpaired) electrons. The smallest absolute Gasteiger partial charge is 0.327 e. The van der Waals surface area contributed by atoms with Gasteiger partial charge >= 0.3 is 11.9 Å². The molecule has 31 heavy (non-hydrogen) atoms. The van der Waals surface area contributed by atoms with Crippen molar-refractivity contribution >= 4 is 29.5 Å². The Hall–Kier alpha value is -4.21. The zero-order chi connectivity index (χ0) is 22.7. The number of hydrogen-bond donors (Lipinski definition) is 5. The van der Waals surface area contributed by atoms with Gasteiger partial charge < -0.3 is 26.0 Å². The van der Waals surface area contributed by atoms with Gasteiger partial charge in [0.15, 0.2) is 11.9 Å². The maximum absolute atomic E-state index is 12.7. The van der Waals surface area contributed by atoms with Crippen molar-refractivity contribution in [3.63, 3.8) is 0 Å². The van der Waals surface area contributed by atoms with Crippen LogP contribution in [0.15, 0.2) is 48.5 Å². The highest BCUT2D eigenvalue weighted by Gasteiger charge is 2.43. The Morgan fingerprint density at radius 1 is 1.00 bits per heavy atom. The summed E-state index contributed by atoms with van der Waals surface area (Å²) in [5.41, 5.74) is 6.30. The van der Waals surface area contributed by atoms with Crippen molar-refractivity contribution in [3.05, 3.63) is 65.2 Å². The number of carbonyl (C=O) groups is 4. The molecule has 6 N–H and O–H groups in total. The number of Topliss-reactive ketones (excluding diaryl/α,β-unsaturated/α-hetero) is 1. The molecule has 160 valence electrons. The lowest BCUT2D eigenvalue weighted by atomic mass is 9.84. The number of nitrogen functional groups attached to an aromatic ring is 1. The second kappa shape index (κ2) is 8.66. The van der Waals surface area contributed by atoms with Crippen LogP contribution in [-0.4, -0.2) is 51.8 Å². The van der Waals surface area contributed by atoms with Crippen molar-refractivity contribution in [2.24, 2.45) is 5.73 Å². The first kappa shape index (κ1) is 21.5. The van der Waals surface area contributed by atoms with Crippen LogP contribution < -0.4 is 15.8 Å². The summed E-state index contributed by atoms with van der Waals surface area (Å²) in [5.74, 6) is -5.39. The minimum absolute atomic E-state index is 0.119. The molecule has 2 aromatic rings. The van der Waals surface area contributed by atoms with Crippen molar-refractivity contribution in [2.75, 3.05) is 0 Å². The molecule has 2 aromatic carbocycles. The van der Waals surface area contributed by atoms with E-state index in [2.05, 4.69) is 5.32 Å². The molecule has 4 rings (SSSR count). The normalized spacial score (nSPS) is 17.7. The third-order valence-corrected chi connectivity index (χ3v) is 4.87. The number of nitrogens with two attached hydrogens (primary N) is 1. The number of amides is 1. The van der Waals surface area contributed by atoms with Crippen molar-refractivity contribution in [2.45, 2.75) is 24.5 Å². The number of carboxylic acids is 2. The molecule has 0 fully saturated rings. The summed E-state index contributed by atoms with van der Waals surface area (Å²) in [4.78, 5) is 48.4. The summed E-state index contributed by atoms with van der Waals surface area (Å²) in [6, 6.07) is 10.3. The van der Waals surface area contributed by atoms with Gasteiger partial charge in [-0.3, -0.25) is 19.8 Å². The van der Waals surface area contributed by atoms with Crippen LogP contribution in [0, 0.1) is 5.41 Å². The van der Waals surface area contributed by atoms with Gasteiger partial charge in [-0.05, 0) is 29.8 Å². The summed E-state index contributed by atoms with van der Waals surface area (Å²) >= 11 is 0. The molecule has 2 bridgehead atoms. The predicted octanol–water partition coefficient (Wildman–Crippen LogP) is 0.742. The monoisotopic (exact) mass is 425 g/mol. The maximum Gasteiger partial charge on any atom is 0.327 e. The molecule has 2 heterocycles. The molecule has 1 amide bonds. The molecule has 2 aliphatic heterocycles. The van der Waals surface area contributed by atoms with Gasteiger partial charge in [-0.1, -0.05) is 24.3 Å². The van der Waals surface area contributed by atoms with E-state index in [4.69, 9.17) is 21.0 Å². The number of aliphatic carboxylic acids is 2. The Morgan fingerprint density at radius 2 is 1.58 bits per heavy atom. The number of carbonyl (C=O) groups excluding carboxylic acids is 2. The fourth-order valence-corrected chi connectivity index (χ4v) is 3.38. The first-order valence-corrected chi connectivity index (χ1v) is 9.16. The molecule has 0 saturated heterocycles. The average Bonchev–Trinajstić information content (AvgIpc) is 3.01. The van der Waals surface area contributed by atoms with E-state index in [1.54, 1.807) is 12.1 Å².